The van der Waals surface area contributed by atoms with Crippen molar-refractivity contribution >= 4 is 0 Å². The third kappa shape index (κ3) is 2.46. The number of rotatable bonds is 3. The lowest BCUT2D eigenvalue weighted by atomic mass is 9.90. The summed E-state index contributed by atoms with van der Waals surface area (Å²) >= 11 is 0. The fourth-order valence-corrected chi connectivity index (χ4v) is 5.58. The largest absolute Gasteiger partial charge is 0.454 e. The van der Waals surface area contributed by atoms with Gasteiger partial charge in [-0.25, -0.2) is 0 Å². The van der Waals surface area contributed by atoms with E-state index in [1.54, 1.807) is 6.92 Å². The highest BCUT2D eigenvalue weighted by molar-refractivity contribution is 5.44. The topological polar surface area (TPSA) is 77.9 Å². The first-order chi connectivity index (χ1) is 13.5. The highest BCUT2D eigenvalue weighted by atomic mass is 16.7. The fraction of sp³-hybridized carbons (Fsp3) is 0.700. The van der Waals surface area contributed by atoms with E-state index in [4.69, 9.17) is 14.2 Å². The van der Waals surface area contributed by atoms with Crippen LogP contribution in [0.1, 0.15) is 18.9 Å². The van der Waals surface area contributed by atoms with Gasteiger partial charge in [0.1, 0.15) is 17.9 Å². The lowest BCUT2D eigenvalue weighted by Gasteiger charge is -2.56. The number of hydrogen-bond acceptors (Lipinski definition) is 8. The Hall–Kier alpha value is -1.42. The molecule has 8 heteroatoms. The Balaban J connectivity index is 1.22. The molecule has 1 aromatic rings. The first kappa shape index (κ1) is 17.4. The van der Waals surface area contributed by atoms with Crippen molar-refractivity contribution in [2.45, 2.75) is 50.0 Å². The maximum absolute atomic E-state index is 11.1. The molecule has 6 heterocycles. The quantitative estimate of drug-likeness (QED) is 0.748. The molecule has 0 saturated carbocycles. The summed E-state index contributed by atoms with van der Waals surface area (Å²) < 4.78 is 17.2. The zero-order valence-electron chi connectivity index (χ0n) is 16.0. The lowest BCUT2D eigenvalue weighted by molar-refractivity contribution is -0.199. The van der Waals surface area contributed by atoms with Crippen molar-refractivity contribution < 1.29 is 24.4 Å². The highest BCUT2D eigenvalue weighted by Crippen LogP contribution is 2.43. The average Bonchev–Trinajstić information content (AvgIpc) is 3.34. The van der Waals surface area contributed by atoms with Crippen molar-refractivity contribution in [3.8, 4) is 11.5 Å². The monoisotopic (exact) mass is 389 g/mol. The summed E-state index contributed by atoms with van der Waals surface area (Å²) in [7, 11) is 0. The Morgan fingerprint density at radius 2 is 2.04 bits per heavy atom. The van der Waals surface area contributed by atoms with Crippen LogP contribution in [0.5, 0.6) is 11.5 Å². The van der Waals surface area contributed by atoms with Gasteiger partial charge < -0.3 is 24.4 Å². The summed E-state index contributed by atoms with van der Waals surface area (Å²) in [5.74, 6) is 2.06. The smallest absolute Gasteiger partial charge is 0.231 e. The van der Waals surface area contributed by atoms with Crippen LogP contribution in [0.2, 0.25) is 0 Å². The van der Waals surface area contributed by atoms with E-state index < -0.39 is 24.0 Å². The molecule has 6 atom stereocenters. The van der Waals surface area contributed by atoms with Crippen LogP contribution in [0.15, 0.2) is 18.2 Å². The van der Waals surface area contributed by atoms with Crippen LogP contribution >= 0.6 is 0 Å². The van der Waals surface area contributed by atoms with E-state index in [1.807, 2.05) is 18.2 Å². The Kier molecular flexibility index (Phi) is 3.76. The summed E-state index contributed by atoms with van der Waals surface area (Å²) in [5, 5.41) is 22.1. The van der Waals surface area contributed by atoms with Crippen molar-refractivity contribution in [3.05, 3.63) is 23.8 Å². The van der Waals surface area contributed by atoms with Gasteiger partial charge >= 0.3 is 0 Å². The average molecular weight is 389 g/mol. The minimum absolute atomic E-state index is 0.239. The van der Waals surface area contributed by atoms with E-state index in [0.29, 0.717) is 18.5 Å². The molecule has 7 rings (SSSR count). The molecule has 6 aliphatic rings. The standard InChI is InChI=1S/C20H27N3O5/c1-20(25)16(7-12-2-3-14-15(6-12)27-11-26-14)28-19(17(20)24)23-5-4-13-8-21-9-22(10-21)18(13)23/h2-3,6,13,16-19,24-25H,4-5,7-11H2,1H3/t13?,16-,17+,18?,19-,20-/m1/s1. The Morgan fingerprint density at radius 1 is 1.21 bits per heavy atom. The van der Waals surface area contributed by atoms with Crippen molar-refractivity contribution in [2.75, 3.05) is 33.2 Å². The number of benzene rings is 1. The molecule has 0 radical (unpaired) electrons. The maximum Gasteiger partial charge on any atom is 0.231 e. The Labute approximate surface area is 164 Å². The third-order valence-corrected chi connectivity index (χ3v) is 7.16. The van der Waals surface area contributed by atoms with Gasteiger partial charge in [0.25, 0.3) is 0 Å². The second-order valence-electron chi connectivity index (χ2n) is 9.00. The van der Waals surface area contributed by atoms with Gasteiger partial charge in [-0.3, -0.25) is 14.7 Å². The van der Waals surface area contributed by atoms with E-state index in [0.717, 1.165) is 49.9 Å². The number of hydrogen-bond donors (Lipinski definition) is 2. The molecule has 8 nitrogen and oxygen atoms in total. The van der Waals surface area contributed by atoms with Crippen LogP contribution in [0, 0.1) is 5.92 Å². The maximum atomic E-state index is 11.1. The third-order valence-electron chi connectivity index (χ3n) is 7.16. The summed E-state index contributed by atoms with van der Waals surface area (Å²) in [6.07, 6.45) is 0.0319. The van der Waals surface area contributed by atoms with E-state index in [1.165, 1.54) is 0 Å². The summed E-state index contributed by atoms with van der Waals surface area (Å²) in [6.45, 7) is 5.94. The summed E-state index contributed by atoms with van der Waals surface area (Å²) in [6, 6.07) is 5.79. The molecule has 0 aromatic heterocycles. The van der Waals surface area contributed by atoms with E-state index in [9.17, 15) is 10.2 Å². The number of fused-ring (bicyclic) bond motifs is 1. The predicted molar refractivity (Wildman–Crippen MR) is 98.4 cm³/mol. The molecule has 28 heavy (non-hydrogen) atoms. The molecule has 5 fully saturated rings. The fourth-order valence-electron chi connectivity index (χ4n) is 5.58. The molecule has 1 aromatic carbocycles. The first-order valence-corrected chi connectivity index (χ1v) is 10.2. The second kappa shape index (κ2) is 6.04. The number of nitrogens with zero attached hydrogens (tertiary/aromatic N) is 3. The van der Waals surface area contributed by atoms with Crippen molar-refractivity contribution in [3.63, 3.8) is 0 Å². The van der Waals surface area contributed by atoms with Gasteiger partial charge in [-0.1, -0.05) is 6.07 Å². The molecule has 0 spiro atoms. The van der Waals surface area contributed by atoms with Crippen LogP contribution in [-0.2, 0) is 11.2 Å². The molecule has 2 bridgehead atoms. The van der Waals surface area contributed by atoms with Gasteiger partial charge in [0, 0.05) is 25.4 Å². The van der Waals surface area contributed by atoms with Crippen LogP contribution in [0.3, 0.4) is 0 Å². The van der Waals surface area contributed by atoms with E-state index >= 15 is 0 Å². The van der Waals surface area contributed by atoms with Crippen LogP contribution in [-0.4, -0.2) is 88.3 Å². The first-order valence-electron chi connectivity index (χ1n) is 10.2. The van der Waals surface area contributed by atoms with Crippen molar-refractivity contribution in [2.24, 2.45) is 5.92 Å². The zero-order valence-corrected chi connectivity index (χ0v) is 16.0. The molecule has 6 aliphatic heterocycles. The lowest BCUT2D eigenvalue weighted by Crippen LogP contribution is -2.71. The highest BCUT2D eigenvalue weighted by Gasteiger charge is 2.58. The summed E-state index contributed by atoms with van der Waals surface area (Å²) in [4.78, 5) is 7.17. The number of likely N-dealkylation sites (tertiary alicyclic amines) is 1. The normalized spacial score (nSPS) is 46.5. The number of aliphatic hydroxyl groups is 2. The van der Waals surface area contributed by atoms with E-state index in [2.05, 4.69) is 14.7 Å². The van der Waals surface area contributed by atoms with Gasteiger partial charge in [0.15, 0.2) is 11.5 Å². The predicted octanol–water partition coefficient (Wildman–Crippen LogP) is -0.0112. The Morgan fingerprint density at radius 3 is 2.89 bits per heavy atom. The molecule has 5 saturated heterocycles. The molecule has 2 unspecified atom stereocenters. The van der Waals surface area contributed by atoms with Crippen molar-refractivity contribution in [1.82, 2.24) is 14.7 Å². The summed E-state index contributed by atoms with van der Waals surface area (Å²) in [5.41, 5.74) is -0.313. The minimum atomic E-state index is -1.31. The van der Waals surface area contributed by atoms with Crippen LogP contribution < -0.4 is 9.47 Å². The minimum Gasteiger partial charge on any atom is -0.454 e. The molecule has 2 N–H and O–H groups in total. The molecular weight excluding hydrogens is 362 g/mol. The Bertz CT molecular complexity index is 783. The van der Waals surface area contributed by atoms with Gasteiger partial charge in [0.2, 0.25) is 6.79 Å². The van der Waals surface area contributed by atoms with Crippen LogP contribution in [0.4, 0.5) is 0 Å². The van der Waals surface area contributed by atoms with Gasteiger partial charge in [-0.15, -0.1) is 0 Å². The van der Waals surface area contributed by atoms with Gasteiger partial charge in [-0.05, 0) is 31.0 Å². The van der Waals surface area contributed by atoms with Crippen LogP contribution in [0.25, 0.3) is 0 Å². The SMILES string of the molecule is C[C@@]1(O)[C@@H](Cc2ccc3c(c2)OCO3)O[C@@H](N2CCC3CN4CN(C4)C32)[C@@H]1O. The van der Waals surface area contributed by atoms with E-state index in [-0.39, 0.29) is 6.79 Å². The van der Waals surface area contributed by atoms with Crippen molar-refractivity contribution in [1.29, 1.82) is 0 Å². The second-order valence-corrected chi connectivity index (χ2v) is 9.00. The number of aliphatic hydroxyl groups excluding tert-OH is 1. The number of ether oxygens (including phenoxy) is 3. The molecular formula is C20H27N3O5. The van der Waals surface area contributed by atoms with Gasteiger partial charge in [-0.2, -0.15) is 0 Å². The molecule has 152 valence electrons. The zero-order chi connectivity index (χ0) is 19.0. The molecule has 0 aliphatic carbocycles. The molecule has 0 amide bonds. The van der Waals surface area contributed by atoms with Gasteiger partial charge in [0.05, 0.1) is 25.6 Å².